The molecule has 8 nitrogen and oxygen atoms in total. The van der Waals surface area contributed by atoms with Gasteiger partial charge in [0.2, 0.25) is 0 Å². The highest BCUT2D eigenvalue weighted by Crippen LogP contribution is 2.41. The average molecular weight is 448 g/mol. The predicted molar refractivity (Wildman–Crippen MR) is 120 cm³/mol. The van der Waals surface area contributed by atoms with E-state index in [0.717, 1.165) is 9.87 Å². The Labute approximate surface area is 183 Å². The molecule has 0 fully saturated rings. The fourth-order valence-electron chi connectivity index (χ4n) is 3.53. The number of methoxy groups -OCH3 is 1. The maximum atomic E-state index is 12.9. The van der Waals surface area contributed by atoms with Gasteiger partial charge in [-0.15, -0.1) is 0 Å². The monoisotopic (exact) mass is 447 g/mol. The summed E-state index contributed by atoms with van der Waals surface area (Å²) in [5, 5.41) is 3.08. The molecule has 1 aliphatic rings. The van der Waals surface area contributed by atoms with Crippen LogP contribution < -0.4 is 19.1 Å². The number of hydrogen-bond acceptors (Lipinski definition) is 5. The van der Waals surface area contributed by atoms with Crippen LogP contribution in [0.1, 0.15) is 42.2 Å². The van der Waals surface area contributed by atoms with Crippen molar-refractivity contribution in [3.63, 3.8) is 0 Å². The van der Waals surface area contributed by atoms with E-state index in [9.17, 15) is 13.2 Å². The maximum absolute atomic E-state index is 12.9. The van der Waals surface area contributed by atoms with Gasteiger partial charge in [-0.05, 0) is 50.2 Å². The van der Waals surface area contributed by atoms with Gasteiger partial charge in [0.1, 0.15) is 17.1 Å². The zero-order valence-corrected chi connectivity index (χ0v) is 19.5. The van der Waals surface area contributed by atoms with Crippen molar-refractivity contribution in [1.82, 2.24) is 9.62 Å². The van der Waals surface area contributed by atoms with E-state index in [4.69, 9.17) is 9.47 Å². The Hall–Kier alpha value is -2.78. The summed E-state index contributed by atoms with van der Waals surface area (Å²) in [5.41, 5.74) is 1.35. The van der Waals surface area contributed by atoms with Crippen LogP contribution in [0.4, 0.5) is 5.69 Å². The topological polar surface area (TPSA) is 88.2 Å². The van der Waals surface area contributed by atoms with Crippen LogP contribution in [0.15, 0.2) is 42.5 Å². The van der Waals surface area contributed by atoms with Gasteiger partial charge in [0, 0.05) is 44.8 Å². The van der Waals surface area contributed by atoms with Crippen molar-refractivity contribution >= 4 is 21.8 Å². The number of nitrogens with zero attached hydrogens (tertiary/aromatic N) is 2. The minimum absolute atomic E-state index is 0.228. The molecule has 0 aliphatic carbocycles. The van der Waals surface area contributed by atoms with Gasteiger partial charge in [-0.2, -0.15) is 12.7 Å². The summed E-state index contributed by atoms with van der Waals surface area (Å²) in [4.78, 5) is 12.9. The first-order valence-electron chi connectivity index (χ1n) is 9.89. The lowest BCUT2D eigenvalue weighted by atomic mass is 9.89. The molecular formula is C22H29N3O5S. The summed E-state index contributed by atoms with van der Waals surface area (Å²) >= 11 is 0. The van der Waals surface area contributed by atoms with Crippen LogP contribution in [0.2, 0.25) is 0 Å². The fourth-order valence-corrected chi connectivity index (χ4v) is 4.41. The van der Waals surface area contributed by atoms with Crippen molar-refractivity contribution < 1.29 is 22.7 Å². The first-order chi connectivity index (χ1) is 14.4. The van der Waals surface area contributed by atoms with Gasteiger partial charge < -0.3 is 14.8 Å². The molecule has 0 aromatic heterocycles. The number of ether oxygens (including phenoxy) is 2. The van der Waals surface area contributed by atoms with E-state index in [0.29, 0.717) is 29.2 Å². The second kappa shape index (κ2) is 8.39. The highest BCUT2D eigenvalue weighted by atomic mass is 32.2. The van der Waals surface area contributed by atoms with E-state index in [1.165, 1.54) is 25.4 Å². The Morgan fingerprint density at radius 2 is 1.77 bits per heavy atom. The Morgan fingerprint density at radius 3 is 2.35 bits per heavy atom. The smallest absolute Gasteiger partial charge is 0.303 e. The lowest BCUT2D eigenvalue weighted by molar-refractivity contribution is 0.0617. The quantitative estimate of drug-likeness (QED) is 0.736. The molecule has 1 amide bonds. The van der Waals surface area contributed by atoms with E-state index in [-0.39, 0.29) is 11.9 Å². The van der Waals surface area contributed by atoms with Crippen molar-refractivity contribution in [2.75, 3.05) is 32.6 Å². The number of hydrogen-bond donors (Lipinski definition) is 1. The first kappa shape index (κ1) is 22.9. The Balaban J connectivity index is 1.80. The normalized spacial score (nSPS) is 17.5. The number of anilines is 1. The molecule has 1 heterocycles. The van der Waals surface area contributed by atoms with Crippen LogP contribution in [0, 0.1) is 0 Å². The molecular weight excluding hydrogens is 418 g/mol. The maximum Gasteiger partial charge on any atom is 0.303 e. The number of benzene rings is 2. The number of amides is 1. The largest absolute Gasteiger partial charge is 0.497 e. The first-order valence-corrected chi connectivity index (χ1v) is 11.3. The summed E-state index contributed by atoms with van der Waals surface area (Å²) in [7, 11) is 2.41. The van der Waals surface area contributed by atoms with Gasteiger partial charge in [0.25, 0.3) is 5.91 Å². The van der Waals surface area contributed by atoms with E-state index in [1.54, 1.807) is 31.4 Å². The zero-order valence-electron chi connectivity index (χ0n) is 18.7. The lowest BCUT2D eigenvalue weighted by Gasteiger charge is -2.38. The van der Waals surface area contributed by atoms with Gasteiger partial charge in [-0.1, -0.05) is 0 Å². The van der Waals surface area contributed by atoms with E-state index in [2.05, 4.69) is 5.32 Å². The summed E-state index contributed by atoms with van der Waals surface area (Å²) in [6.07, 6.45) is 0.611. The molecule has 31 heavy (non-hydrogen) atoms. The van der Waals surface area contributed by atoms with Gasteiger partial charge in [0.15, 0.2) is 0 Å². The van der Waals surface area contributed by atoms with Crippen LogP contribution in [-0.2, 0) is 10.2 Å². The van der Waals surface area contributed by atoms with E-state index >= 15 is 0 Å². The molecule has 3 rings (SSSR count). The highest BCUT2D eigenvalue weighted by molar-refractivity contribution is 7.90. The number of carbonyl (C=O) groups is 1. The third kappa shape index (κ3) is 4.77. The fraction of sp³-hybridized carbons (Fsp3) is 0.409. The third-order valence-corrected chi connectivity index (χ3v) is 7.11. The van der Waals surface area contributed by atoms with Crippen molar-refractivity contribution in [2.45, 2.75) is 31.9 Å². The summed E-state index contributed by atoms with van der Waals surface area (Å²) in [6, 6.07) is 11.8. The number of rotatable bonds is 6. The highest BCUT2D eigenvalue weighted by Gasteiger charge is 2.35. The SMILES string of the molecule is COc1ccc2c(c1)OC(C)(C)C[C@H]2NC(=O)c1ccc(N(C)S(=O)(=O)N(C)C)cc1. The molecule has 2 aromatic carbocycles. The molecule has 0 saturated heterocycles. The van der Waals surface area contributed by atoms with E-state index in [1.807, 2.05) is 32.0 Å². The summed E-state index contributed by atoms with van der Waals surface area (Å²) in [6.45, 7) is 3.95. The average Bonchev–Trinajstić information content (AvgIpc) is 2.71. The third-order valence-electron chi connectivity index (χ3n) is 5.28. The minimum Gasteiger partial charge on any atom is -0.497 e. The molecule has 0 saturated carbocycles. The van der Waals surface area contributed by atoms with Crippen LogP contribution in [-0.4, -0.2) is 52.5 Å². The molecule has 0 radical (unpaired) electrons. The van der Waals surface area contributed by atoms with Crippen molar-refractivity contribution in [3.8, 4) is 11.5 Å². The number of nitrogens with one attached hydrogen (secondary N) is 1. The predicted octanol–water partition coefficient (Wildman–Crippen LogP) is 2.97. The van der Waals surface area contributed by atoms with Crippen molar-refractivity contribution in [1.29, 1.82) is 0 Å². The van der Waals surface area contributed by atoms with Gasteiger partial charge >= 0.3 is 10.2 Å². The second-order valence-corrected chi connectivity index (χ2v) is 10.5. The lowest BCUT2D eigenvalue weighted by Crippen LogP contribution is -2.41. The molecule has 168 valence electrons. The van der Waals surface area contributed by atoms with Gasteiger partial charge in [-0.25, -0.2) is 0 Å². The van der Waals surface area contributed by atoms with E-state index < -0.39 is 15.8 Å². The van der Waals surface area contributed by atoms with Crippen LogP contribution in [0.5, 0.6) is 11.5 Å². The molecule has 0 spiro atoms. The molecule has 1 N–H and O–H groups in total. The zero-order chi connectivity index (χ0) is 23.0. The Bertz CT molecular complexity index is 1070. The number of fused-ring (bicyclic) bond motifs is 1. The standard InChI is InChI=1S/C22H29N3O5S/c1-22(2)14-19(18-12-11-17(29-6)13-20(18)30-22)23-21(26)15-7-9-16(10-8-15)25(5)31(27,28)24(3)4/h7-13,19H,14H2,1-6H3,(H,23,26)/t19-/m1/s1. The van der Waals surface area contributed by atoms with Crippen molar-refractivity contribution in [2.24, 2.45) is 0 Å². The van der Waals surface area contributed by atoms with Crippen LogP contribution in [0.25, 0.3) is 0 Å². The summed E-state index contributed by atoms with van der Waals surface area (Å²) in [5.74, 6) is 1.13. The van der Waals surface area contributed by atoms with Crippen LogP contribution in [0.3, 0.4) is 0 Å². The molecule has 1 atom stereocenters. The molecule has 9 heteroatoms. The minimum atomic E-state index is -3.60. The molecule has 0 bridgehead atoms. The summed E-state index contributed by atoms with van der Waals surface area (Å²) < 4.78 is 38.2. The second-order valence-electron chi connectivity index (χ2n) is 8.30. The van der Waals surface area contributed by atoms with Gasteiger partial charge in [-0.3, -0.25) is 9.10 Å². The Kier molecular flexibility index (Phi) is 6.20. The molecule has 2 aromatic rings. The van der Waals surface area contributed by atoms with Crippen LogP contribution >= 0.6 is 0 Å². The number of carbonyl (C=O) groups excluding carboxylic acids is 1. The van der Waals surface area contributed by atoms with Gasteiger partial charge in [0.05, 0.1) is 18.8 Å². The Morgan fingerprint density at radius 1 is 1.13 bits per heavy atom. The molecule has 0 unspecified atom stereocenters. The molecule has 1 aliphatic heterocycles. The van der Waals surface area contributed by atoms with Crippen molar-refractivity contribution in [3.05, 3.63) is 53.6 Å².